The van der Waals surface area contributed by atoms with Crippen LogP contribution in [0, 0.1) is 0 Å². The molecule has 0 fully saturated rings. The maximum Gasteiger partial charge on any atom is 0.408 e. The van der Waals surface area contributed by atoms with Crippen molar-refractivity contribution < 1.29 is 27.5 Å². The van der Waals surface area contributed by atoms with E-state index in [-0.39, 0.29) is 11.6 Å². The molecule has 0 saturated heterocycles. The summed E-state index contributed by atoms with van der Waals surface area (Å²) >= 11 is 0. The molecule has 1 amide bonds. The van der Waals surface area contributed by atoms with Crippen LogP contribution >= 0.6 is 0 Å². The van der Waals surface area contributed by atoms with Crippen molar-refractivity contribution in [3.63, 3.8) is 0 Å². The van der Waals surface area contributed by atoms with E-state index in [1.165, 1.54) is 0 Å². The molecule has 0 unspecified atom stereocenters. The van der Waals surface area contributed by atoms with Crippen molar-refractivity contribution in [2.24, 2.45) is 0 Å². The van der Waals surface area contributed by atoms with Crippen LogP contribution in [0.15, 0.2) is 30.3 Å². The number of aliphatic hydroxyl groups excluding tert-OH is 1. The number of amides is 1. The zero-order chi connectivity index (χ0) is 24.7. The normalized spacial score (nSPS) is 14.7. The van der Waals surface area contributed by atoms with Crippen LogP contribution in [0.1, 0.15) is 53.1 Å². The predicted octanol–water partition coefficient (Wildman–Crippen LogP) is 4.30. The molecule has 7 nitrogen and oxygen atoms in total. The number of benzene rings is 1. The first-order chi connectivity index (χ1) is 13.7. The molecular formula is C22H41NO6SSi. The number of carbonyl (C=O) groups is 1. The van der Waals surface area contributed by atoms with Gasteiger partial charge in [0.2, 0.25) is 0 Å². The van der Waals surface area contributed by atoms with Crippen LogP contribution in [0.25, 0.3) is 0 Å². The molecule has 0 bridgehead atoms. The van der Waals surface area contributed by atoms with E-state index in [1.54, 1.807) is 20.8 Å². The van der Waals surface area contributed by atoms with Gasteiger partial charge in [0.25, 0.3) is 0 Å². The lowest BCUT2D eigenvalue weighted by molar-refractivity contribution is 0.0330. The van der Waals surface area contributed by atoms with E-state index in [9.17, 15) is 18.3 Å². The Hall–Kier alpha value is -1.42. The Labute approximate surface area is 189 Å². The summed E-state index contributed by atoms with van der Waals surface area (Å²) in [6.45, 7) is 16.3. The molecule has 1 aromatic rings. The Balaban J connectivity index is 0.00000161. The Bertz CT molecular complexity index is 774. The molecule has 2 N–H and O–H groups in total. The van der Waals surface area contributed by atoms with Crippen LogP contribution in [-0.2, 0) is 19.0 Å². The Morgan fingerprint density at radius 3 is 1.90 bits per heavy atom. The summed E-state index contributed by atoms with van der Waals surface area (Å²) in [6, 6.07) is 8.79. The fourth-order valence-corrected chi connectivity index (χ4v) is 3.12. The molecule has 31 heavy (non-hydrogen) atoms. The third-order valence-corrected chi connectivity index (χ3v) is 9.14. The summed E-state index contributed by atoms with van der Waals surface area (Å²) in [5.74, 6) is 0. The van der Waals surface area contributed by atoms with E-state index in [2.05, 4.69) is 39.2 Å². The molecule has 0 spiro atoms. The molecule has 0 aliphatic carbocycles. The van der Waals surface area contributed by atoms with Gasteiger partial charge in [-0.2, -0.15) is 0 Å². The maximum atomic E-state index is 12.2. The SMILES string of the molecule is CC(C)(C)OC(=O)N[C@H](c1ccccc1)[C@H](O)CO[Si](C)(C)C(C)(C)C.CS(C)(=O)=O. The lowest BCUT2D eigenvalue weighted by atomic mass is 10.0. The smallest absolute Gasteiger partial charge is 0.408 e. The first-order valence-electron chi connectivity index (χ1n) is 10.2. The number of ether oxygens (including phenoxy) is 1. The van der Waals surface area contributed by atoms with Gasteiger partial charge in [0.05, 0.1) is 12.6 Å². The number of rotatable bonds is 6. The fourth-order valence-electron chi connectivity index (χ4n) is 2.10. The van der Waals surface area contributed by atoms with Crippen molar-refractivity contribution >= 4 is 24.2 Å². The first-order valence-corrected chi connectivity index (χ1v) is 15.5. The van der Waals surface area contributed by atoms with Crippen LogP contribution in [0.4, 0.5) is 4.79 Å². The average molecular weight is 476 g/mol. The summed E-state index contributed by atoms with van der Waals surface area (Å²) in [7, 11) is -4.66. The summed E-state index contributed by atoms with van der Waals surface area (Å²) in [6.07, 6.45) is 0.886. The highest BCUT2D eigenvalue weighted by molar-refractivity contribution is 7.89. The average Bonchev–Trinajstić information content (AvgIpc) is 2.54. The number of alkyl carbamates (subject to hydrolysis) is 1. The van der Waals surface area contributed by atoms with Crippen molar-refractivity contribution in [3.8, 4) is 0 Å². The monoisotopic (exact) mass is 475 g/mol. The summed E-state index contributed by atoms with van der Waals surface area (Å²) in [5.41, 5.74) is 0.207. The van der Waals surface area contributed by atoms with Gasteiger partial charge in [-0.25, -0.2) is 13.2 Å². The van der Waals surface area contributed by atoms with E-state index in [1.807, 2.05) is 30.3 Å². The molecule has 2 atom stereocenters. The zero-order valence-corrected chi connectivity index (χ0v) is 22.5. The highest BCUT2D eigenvalue weighted by Crippen LogP contribution is 2.36. The third-order valence-electron chi connectivity index (χ3n) is 4.64. The lowest BCUT2D eigenvalue weighted by Crippen LogP contribution is -2.46. The number of sulfone groups is 1. The van der Waals surface area contributed by atoms with Crippen molar-refractivity contribution in [2.75, 3.05) is 19.1 Å². The van der Waals surface area contributed by atoms with Gasteiger partial charge >= 0.3 is 6.09 Å². The number of hydrogen-bond donors (Lipinski definition) is 2. The van der Waals surface area contributed by atoms with Gasteiger partial charge in [0.15, 0.2) is 8.32 Å². The summed E-state index contributed by atoms with van der Waals surface area (Å²) in [4.78, 5) is 12.2. The highest BCUT2D eigenvalue weighted by Gasteiger charge is 2.38. The number of aliphatic hydroxyl groups is 1. The molecule has 180 valence electrons. The van der Waals surface area contributed by atoms with Crippen molar-refractivity contribution in [1.82, 2.24) is 5.32 Å². The molecule has 0 heterocycles. The van der Waals surface area contributed by atoms with Crippen LogP contribution in [0.5, 0.6) is 0 Å². The molecule has 1 aromatic carbocycles. The molecule has 0 aliphatic heterocycles. The molecule has 0 aromatic heterocycles. The van der Waals surface area contributed by atoms with E-state index in [0.717, 1.165) is 18.1 Å². The van der Waals surface area contributed by atoms with E-state index < -0.39 is 42.0 Å². The van der Waals surface area contributed by atoms with Crippen molar-refractivity contribution in [2.45, 2.75) is 77.4 Å². The van der Waals surface area contributed by atoms with Gasteiger partial charge < -0.3 is 19.6 Å². The first kappa shape index (κ1) is 29.6. The van der Waals surface area contributed by atoms with Crippen molar-refractivity contribution in [3.05, 3.63) is 35.9 Å². The van der Waals surface area contributed by atoms with E-state index >= 15 is 0 Å². The van der Waals surface area contributed by atoms with Gasteiger partial charge in [-0.15, -0.1) is 0 Å². The molecule has 0 radical (unpaired) electrons. The third kappa shape index (κ3) is 13.6. The minimum Gasteiger partial charge on any atom is -0.444 e. The number of hydrogen-bond acceptors (Lipinski definition) is 6. The Morgan fingerprint density at radius 2 is 1.52 bits per heavy atom. The fraction of sp³-hybridized carbons (Fsp3) is 0.682. The van der Waals surface area contributed by atoms with Gasteiger partial charge in [-0.3, -0.25) is 0 Å². The van der Waals surface area contributed by atoms with Crippen LogP contribution in [-0.4, -0.2) is 58.8 Å². The molecule has 9 heteroatoms. The topological polar surface area (TPSA) is 102 Å². The van der Waals surface area contributed by atoms with E-state index in [0.29, 0.717) is 0 Å². The number of carbonyl (C=O) groups excluding carboxylic acids is 1. The van der Waals surface area contributed by atoms with Crippen LogP contribution < -0.4 is 5.32 Å². The van der Waals surface area contributed by atoms with Gasteiger partial charge in [0.1, 0.15) is 21.5 Å². The second kappa shape index (κ2) is 11.4. The largest absolute Gasteiger partial charge is 0.444 e. The highest BCUT2D eigenvalue weighted by atomic mass is 32.2. The Kier molecular flexibility index (Phi) is 10.9. The van der Waals surface area contributed by atoms with Gasteiger partial charge in [0, 0.05) is 12.5 Å². The summed E-state index contributed by atoms with van der Waals surface area (Å²) < 4.78 is 30.7. The van der Waals surface area contributed by atoms with Crippen molar-refractivity contribution in [1.29, 1.82) is 0 Å². The second-order valence-electron chi connectivity index (χ2n) is 10.3. The minimum absolute atomic E-state index is 0.0492. The zero-order valence-electron chi connectivity index (χ0n) is 20.6. The van der Waals surface area contributed by atoms with Gasteiger partial charge in [-0.1, -0.05) is 51.1 Å². The van der Waals surface area contributed by atoms with Gasteiger partial charge in [-0.05, 0) is 44.5 Å². The maximum absolute atomic E-state index is 12.2. The standard InChI is InChI=1S/C20H35NO4Si.C2H6O2S/c1-19(2,3)25-18(23)21-17(15-12-10-9-11-13-15)16(22)14-24-26(7,8)20(4,5)6;1-5(2,3)4/h9-13,16-17,22H,14H2,1-8H3,(H,21,23);1-2H3/t16-,17-;/m1./s1. The van der Waals surface area contributed by atoms with Crippen LogP contribution in [0.3, 0.4) is 0 Å². The Morgan fingerprint density at radius 1 is 1.06 bits per heavy atom. The number of nitrogens with one attached hydrogen (secondary N) is 1. The van der Waals surface area contributed by atoms with Crippen LogP contribution in [0.2, 0.25) is 18.1 Å². The summed E-state index contributed by atoms with van der Waals surface area (Å²) in [5, 5.41) is 13.6. The quantitative estimate of drug-likeness (QED) is 0.595. The van der Waals surface area contributed by atoms with E-state index in [4.69, 9.17) is 9.16 Å². The predicted molar refractivity (Wildman–Crippen MR) is 128 cm³/mol. The molecular weight excluding hydrogens is 434 g/mol. The minimum atomic E-state index is -2.67. The lowest BCUT2D eigenvalue weighted by Gasteiger charge is -2.37. The molecule has 1 rings (SSSR count). The molecule has 0 aliphatic rings. The molecule has 0 saturated carbocycles. The second-order valence-corrected chi connectivity index (χ2v) is 17.4.